The minimum Gasteiger partial charge on any atom is -0.790 e. The van der Waals surface area contributed by atoms with Gasteiger partial charge in [-0.25, -0.2) is 0 Å². The Hall–Kier alpha value is 1.75. The van der Waals surface area contributed by atoms with Crippen molar-refractivity contribution in [1.82, 2.24) is 0 Å². The number of hydrogen-bond acceptors (Lipinski definition) is 10. The van der Waals surface area contributed by atoms with Crippen molar-refractivity contribution < 1.29 is 63.9 Å². The van der Waals surface area contributed by atoms with Crippen LogP contribution in [0.1, 0.15) is 0 Å². The maximum atomic E-state index is 10.1. The summed E-state index contributed by atoms with van der Waals surface area (Å²) in [7, 11) is -17.9. The smallest absolute Gasteiger partial charge is 0.790 e. The van der Waals surface area contributed by atoms with Crippen molar-refractivity contribution in [3.63, 3.8) is 0 Å². The molecule has 15 heteroatoms. The van der Waals surface area contributed by atoms with Crippen LogP contribution in [0.5, 0.6) is 0 Å². The van der Waals surface area contributed by atoms with E-state index in [1.54, 1.807) is 0 Å². The first-order valence-corrected chi connectivity index (χ1v) is 6.57. The van der Waals surface area contributed by atoms with Crippen LogP contribution in [0.4, 0.5) is 0 Å². The molecule has 0 fully saturated rings. The number of hydrogen-bond donors (Lipinski definition) is 0. The molecule has 15 heavy (non-hydrogen) atoms. The third-order valence-corrected chi connectivity index (χ3v) is 3.60. The number of phosphoric acid groups is 3. The molecule has 0 aromatic rings. The second kappa shape index (κ2) is 7.24. The van der Waals surface area contributed by atoms with Crippen molar-refractivity contribution in [1.29, 1.82) is 0 Å². The molecule has 0 unspecified atom stereocenters. The monoisotopic (exact) mass is 437 g/mol. The average molecular weight is 438 g/mol. The van der Waals surface area contributed by atoms with Gasteiger partial charge in [-0.05, 0) is 0 Å². The summed E-state index contributed by atoms with van der Waals surface area (Å²) in [5.74, 6) is 0. The molecule has 91 valence electrons. The molecule has 0 N–H and O–H groups in total. The van der Waals surface area contributed by atoms with Gasteiger partial charge in [-0.2, -0.15) is 0 Å². The summed E-state index contributed by atoms with van der Waals surface area (Å²) in [6, 6.07) is 0. The van der Waals surface area contributed by atoms with Gasteiger partial charge in [-0.15, -0.1) is 0 Å². The number of rotatable bonds is 4. The van der Waals surface area contributed by atoms with Crippen LogP contribution in [-0.4, -0.2) is 24.4 Å². The van der Waals surface area contributed by atoms with Gasteiger partial charge in [0.2, 0.25) is 0 Å². The Bertz CT molecular complexity index is 283. The standard InChI is InChI=1S/Cu.H5O10P3.Sb/c;1-11(2,3)9-13(7,8)10-12(4,5)6;/h;(H,7,8)(H2,1,2,3)(H2,4,5,6);/q+2;;+3/p-5. The molecule has 0 aromatic carbocycles. The summed E-state index contributed by atoms with van der Waals surface area (Å²) >= 11 is 0. The Labute approximate surface area is 111 Å². The average Bonchev–Trinajstić information content (AvgIpc) is 1.43. The van der Waals surface area contributed by atoms with Crippen LogP contribution in [0.25, 0.3) is 0 Å². The Kier molecular flexibility index (Phi) is 10.6. The van der Waals surface area contributed by atoms with Gasteiger partial charge in [0.25, 0.3) is 7.82 Å². The van der Waals surface area contributed by atoms with E-state index in [0.717, 1.165) is 0 Å². The van der Waals surface area contributed by atoms with Gasteiger partial charge in [-0.1, -0.05) is 0 Å². The normalized spacial score (nSPS) is 12.6. The second-order valence-corrected chi connectivity index (χ2v) is 5.49. The second-order valence-electron chi connectivity index (χ2n) is 1.50. The van der Waals surface area contributed by atoms with E-state index >= 15 is 0 Å². The Balaban J connectivity index is -0.000000720. The maximum Gasteiger partial charge on any atom is 3.00 e. The molecular weight excluding hydrogens is 438 g/mol. The van der Waals surface area contributed by atoms with E-state index in [2.05, 4.69) is 8.62 Å². The van der Waals surface area contributed by atoms with Crippen LogP contribution in [0, 0.1) is 0 Å². The molecule has 0 atom stereocenters. The molecule has 0 heterocycles. The predicted octanol–water partition coefficient (Wildman–Crippen LogP) is -4.24. The van der Waals surface area contributed by atoms with E-state index in [9.17, 15) is 38.2 Å². The summed E-state index contributed by atoms with van der Waals surface area (Å²) in [4.78, 5) is 48.6. The third kappa shape index (κ3) is 15.7. The molecular formula is CuO10P3Sb. The summed E-state index contributed by atoms with van der Waals surface area (Å²) in [5, 5.41) is 0. The van der Waals surface area contributed by atoms with E-state index in [1.165, 1.54) is 0 Å². The van der Waals surface area contributed by atoms with Gasteiger partial charge >= 0.3 is 41.5 Å². The van der Waals surface area contributed by atoms with E-state index in [-0.39, 0.29) is 41.5 Å². The van der Waals surface area contributed by atoms with Crippen LogP contribution in [0.15, 0.2) is 0 Å². The van der Waals surface area contributed by atoms with E-state index in [4.69, 9.17) is 0 Å². The van der Waals surface area contributed by atoms with Gasteiger partial charge in [0.1, 0.15) is 0 Å². The summed E-state index contributed by atoms with van der Waals surface area (Å²) in [6.45, 7) is 0. The third-order valence-electron chi connectivity index (χ3n) is 0.400. The molecule has 0 aromatic heterocycles. The van der Waals surface area contributed by atoms with Gasteiger partial charge in [0.05, 0.1) is 15.6 Å². The van der Waals surface area contributed by atoms with E-state index < -0.39 is 23.5 Å². The molecule has 0 saturated heterocycles. The van der Waals surface area contributed by atoms with Crippen LogP contribution < -0.4 is 24.5 Å². The van der Waals surface area contributed by atoms with Gasteiger partial charge < -0.3 is 33.6 Å². The summed E-state index contributed by atoms with van der Waals surface area (Å²) in [5.41, 5.74) is 0. The first kappa shape index (κ1) is 22.0. The first-order valence-electron chi connectivity index (χ1n) is 2.19. The molecule has 0 saturated carbocycles. The minimum atomic E-state index is -5.97. The topological polar surface area (TPSA) is 185 Å². The molecule has 10 nitrogen and oxygen atoms in total. The molecule has 0 amide bonds. The van der Waals surface area contributed by atoms with Crippen LogP contribution in [0.2, 0.25) is 0 Å². The fourth-order valence-electron chi connectivity index (χ4n) is 0.260. The minimum absolute atomic E-state index is 0. The van der Waals surface area contributed by atoms with E-state index in [0.29, 0.717) is 0 Å². The molecule has 0 aliphatic heterocycles. The SMILES string of the molecule is O=P([O-])([O-])OP(=O)([O-])OP(=O)([O-])[O-].[Cu+2].[Sb+3]. The summed E-state index contributed by atoms with van der Waals surface area (Å²) in [6.07, 6.45) is 0. The van der Waals surface area contributed by atoms with Crippen molar-refractivity contribution >= 4 is 47.9 Å². The zero-order valence-corrected chi connectivity index (χ0v) is 12.4. The van der Waals surface area contributed by atoms with E-state index in [1.807, 2.05) is 0 Å². The van der Waals surface area contributed by atoms with Crippen LogP contribution >= 0.6 is 23.5 Å². The molecule has 0 spiro atoms. The van der Waals surface area contributed by atoms with Crippen molar-refractivity contribution in [3.8, 4) is 0 Å². The van der Waals surface area contributed by atoms with Crippen LogP contribution in [-0.2, 0) is 39.4 Å². The largest absolute Gasteiger partial charge is 3.00 e. The van der Waals surface area contributed by atoms with Crippen molar-refractivity contribution in [2.45, 2.75) is 0 Å². The zero-order valence-electron chi connectivity index (χ0n) is 6.17. The first-order chi connectivity index (χ1) is 5.41. The van der Waals surface area contributed by atoms with Crippen LogP contribution in [0.3, 0.4) is 0 Å². The quantitative estimate of drug-likeness (QED) is 0.308. The Morgan fingerprint density at radius 3 is 1.07 bits per heavy atom. The van der Waals surface area contributed by atoms with Gasteiger partial charge in [-0.3, -0.25) is 13.2 Å². The van der Waals surface area contributed by atoms with Gasteiger partial charge in [0, 0.05) is 0 Å². The molecule has 0 aliphatic rings. The van der Waals surface area contributed by atoms with Gasteiger partial charge in [0.15, 0.2) is 0 Å². The van der Waals surface area contributed by atoms with Crippen molar-refractivity contribution in [2.75, 3.05) is 0 Å². The van der Waals surface area contributed by atoms with Crippen molar-refractivity contribution in [2.24, 2.45) is 0 Å². The predicted molar refractivity (Wildman–Crippen MR) is 30.7 cm³/mol. The Morgan fingerprint density at radius 1 is 0.733 bits per heavy atom. The Morgan fingerprint density at radius 2 is 0.933 bits per heavy atom. The molecule has 0 bridgehead atoms. The molecule has 0 rings (SSSR count). The molecule has 3 radical (unpaired) electrons. The molecule has 0 aliphatic carbocycles. The fraction of sp³-hybridized carbons (Fsp3) is 0. The fourth-order valence-corrected chi connectivity index (χ4v) is 2.61. The zero-order chi connectivity index (χ0) is 10.9. The van der Waals surface area contributed by atoms with Crippen molar-refractivity contribution in [3.05, 3.63) is 0 Å². The maximum absolute atomic E-state index is 10.1. The summed E-state index contributed by atoms with van der Waals surface area (Å²) < 4.78 is 34.7.